The Balaban J connectivity index is 1.63. The van der Waals surface area contributed by atoms with Crippen molar-refractivity contribution in [3.63, 3.8) is 0 Å². The number of nitriles is 4. The summed E-state index contributed by atoms with van der Waals surface area (Å²) in [7, 11) is 1.65. The Hall–Kier alpha value is -3.96. The van der Waals surface area contributed by atoms with Gasteiger partial charge in [0.2, 0.25) is 0 Å². The summed E-state index contributed by atoms with van der Waals surface area (Å²) in [6, 6.07) is 21.5. The van der Waals surface area contributed by atoms with Crippen molar-refractivity contribution in [2.75, 3.05) is 7.11 Å². The maximum atomic E-state index is 8.98. The van der Waals surface area contributed by atoms with Crippen LogP contribution in [0, 0.1) is 45.3 Å². The van der Waals surface area contributed by atoms with E-state index in [0.29, 0.717) is 0 Å². The van der Waals surface area contributed by atoms with Gasteiger partial charge >= 0.3 is 0 Å². The number of ether oxygens (including phenoxy) is 1. The van der Waals surface area contributed by atoms with Gasteiger partial charge in [0.05, 0.1) is 12.0 Å². The fourth-order valence-electron chi connectivity index (χ4n) is 3.00. The molecule has 0 saturated heterocycles. The van der Waals surface area contributed by atoms with Crippen LogP contribution in [0.2, 0.25) is 0 Å². The molecule has 162 valence electrons. The molecule has 0 aliphatic carbocycles. The summed E-state index contributed by atoms with van der Waals surface area (Å²) in [6.07, 6.45) is 3.18. The molecule has 0 fully saturated rings. The van der Waals surface area contributed by atoms with E-state index in [1.807, 2.05) is 54.6 Å². The standard InChI is InChI=1S/C25H12N4OS4/c1-30-19-10-24(22-5-3-18(32-22)9-16(13-28)14-29)34-25(19)23-7-6-21(33-23)20-4-2-17(31-20)8-15(11-26)12-27/h2-10H,1H3. The summed E-state index contributed by atoms with van der Waals surface area (Å²) in [5.41, 5.74) is 0.160. The predicted molar refractivity (Wildman–Crippen MR) is 139 cm³/mol. The van der Waals surface area contributed by atoms with Crippen LogP contribution in [0.5, 0.6) is 5.75 Å². The van der Waals surface area contributed by atoms with E-state index >= 15 is 0 Å². The summed E-state index contributed by atoms with van der Waals surface area (Å²) in [4.78, 5) is 8.05. The van der Waals surface area contributed by atoms with Crippen LogP contribution in [-0.2, 0) is 0 Å². The first-order valence-corrected chi connectivity index (χ1v) is 12.9. The van der Waals surface area contributed by atoms with Crippen LogP contribution >= 0.6 is 45.3 Å². The van der Waals surface area contributed by atoms with Crippen LogP contribution in [-0.4, -0.2) is 7.11 Å². The molecule has 0 N–H and O–H groups in total. The topological polar surface area (TPSA) is 104 Å². The summed E-state index contributed by atoms with van der Waals surface area (Å²) < 4.78 is 5.65. The Morgan fingerprint density at radius 2 is 1.12 bits per heavy atom. The van der Waals surface area contributed by atoms with Crippen molar-refractivity contribution in [2.45, 2.75) is 0 Å². The second kappa shape index (κ2) is 10.3. The van der Waals surface area contributed by atoms with Gasteiger partial charge in [-0.15, -0.1) is 45.3 Å². The van der Waals surface area contributed by atoms with Gasteiger partial charge in [-0.3, -0.25) is 0 Å². The zero-order valence-electron chi connectivity index (χ0n) is 17.5. The lowest BCUT2D eigenvalue weighted by Crippen LogP contribution is -1.79. The number of rotatable bonds is 6. The minimum absolute atomic E-state index is 0.0765. The van der Waals surface area contributed by atoms with E-state index in [0.717, 1.165) is 44.8 Å². The van der Waals surface area contributed by atoms with E-state index in [4.69, 9.17) is 25.8 Å². The minimum Gasteiger partial charge on any atom is -0.495 e. The van der Waals surface area contributed by atoms with Crippen LogP contribution in [0.3, 0.4) is 0 Å². The Kier molecular flexibility index (Phi) is 7.04. The van der Waals surface area contributed by atoms with Crippen molar-refractivity contribution in [3.8, 4) is 59.3 Å². The second-order valence-electron chi connectivity index (χ2n) is 6.64. The number of allylic oxidation sites excluding steroid dienone is 2. The van der Waals surface area contributed by atoms with Gasteiger partial charge in [-0.05, 0) is 48.6 Å². The first kappa shape index (κ1) is 23.2. The molecule has 0 bridgehead atoms. The van der Waals surface area contributed by atoms with Gasteiger partial charge in [-0.1, -0.05) is 0 Å². The molecule has 0 aliphatic heterocycles. The van der Waals surface area contributed by atoms with Crippen molar-refractivity contribution >= 4 is 57.5 Å². The Bertz CT molecular complexity index is 1570. The highest BCUT2D eigenvalue weighted by molar-refractivity contribution is 7.29. The fraction of sp³-hybridized carbons (Fsp3) is 0.0400. The molecule has 4 rings (SSSR count). The van der Waals surface area contributed by atoms with Crippen molar-refractivity contribution < 1.29 is 4.74 Å². The third-order valence-electron chi connectivity index (χ3n) is 4.54. The molecular weight excluding hydrogens is 501 g/mol. The maximum Gasteiger partial charge on any atom is 0.138 e. The zero-order chi connectivity index (χ0) is 24.1. The van der Waals surface area contributed by atoms with E-state index in [-0.39, 0.29) is 11.1 Å². The van der Waals surface area contributed by atoms with Crippen molar-refractivity contribution in [1.82, 2.24) is 0 Å². The third kappa shape index (κ3) is 4.85. The Labute approximate surface area is 212 Å². The first-order valence-electron chi connectivity index (χ1n) is 9.60. The molecule has 0 radical (unpaired) electrons. The normalized spacial score (nSPS) is 9.79. The van der Waals surface area contributed by atoms with E-state index in [9.17, 15) is 0 Å². The summed E-state index contributed by atoms with van der Waals surface area (Å²) in [5, 5.41) is 35.9. The van der Waals surface area contributed by atoms with Gasteiger partial charge in [-0.25, -0.2) is 0 Å². The smallest absolute Gasteiger partial charge is 0.138 e. The Morgan fingerprint density at radius 1 is 0.647 bits per heavy atom. The summed E-state index contributed by atoms with van der Waals surface area (Å²) >= 11 is 6.33. The van der Waals surface area contributed by atoms with Gasteiger partial charge < -0.3 is 4.74 Å². The molecule has 0 aliphatic rings. The molecule has 5 nitrogen and oxygen atoms in total. The SMILES string of the molecule is COc1cc(-c2ccc(C=C(C#N)C#N)s2)sc1-c1ccc(-c2ccc(C=C(C#N)C#N)s2)s1. The number of hydrogen-bond donors (Lipinski definition) is 0. The number of hydrogen-bond acceptors (Lipinski definition) is 9. The van der Waals surface area contributed by atoms with Crippen LogP contribution in [0.4, 0.5) is 0 Å². The van der Waals surface area contributed by atoms with Crippen LogP contribution in [0.15, 0.2) is 53.6 Å². The van der Waals surface area contributed by atoms with E-state index in [1.165, 1.54) is 22.7 Å². The van der Waals surface area contributed by atoms with E-state index in [1.54, 1.807) is 41.9 Å². The lowest BCUT2D eigenvalue weighted by Gasteiger charge is -1.98. The number of thiophene rings is 4. The van der Waals surface area contributed by atoms with Gasteiger partial charge in [-0.2, -0.15) is 21.0 Å². The molecule has 9 heteroatoms. The quantitative estimate of drug-likeness (QED) is 0.245. The average Bonchev–Trinajstić information content (AvgIpc) is 3.66. The third-order valence-corrected chi connectivity index (χ3v) is 9.38. The lowest BCUT2D eigenvalue weighted by molar-refractivity contribution is 0.418. The zero-order valence-corrected chi connectivity index (χ0v) is 20.8. The molecule has 0 aromatic carbocycles. The minimum atomic E-state index is 0.0765. The highest BCUT2D eigenvalue weighted by Crippen LogP contribution is 2.48. The highest BCUT2D eigenvalue weighted by Gasteiger charge is 2.17. The van der Waals surface area contributed by atoms with Crippen LogP contribution in [0.25, 0.3) is 41.4 Å². The van der Waals surface area contributed by atoms with Crippen LogP contribution in [0.1, 0.15) is 9.75 Å². The Morgan fingerprint density at radius 3 is 1.65 bits per heavy atom. The number of methoxy groups -OCH3 is 1. The van der Waals surface area contributed by atoms with Gasteiger partial charge in [0.15, 0.2) is 0 Å². The highest BCUT2D eigenvalue weighted by atomic mass is 32.1. The lowest BCUT2D eigenvalue weighted by atomic mass is 10.2. The van der Waals surface area contributed by atoms with Crippen molar-refractivity contribution in [1.29, 1.82) is 21.0 Å². The molecule has 0 saturated carbocycles. The van der Waals surface area contributed by atoms with Gasteiger partial charge in [0, 0.05) is 40.2 Å². The molecule has 4 heterocycles. The number of nitrogens with zero attached hydrogens (tertiary/aromatic N) is 4. The van der Waals surface area contributed by atoms with Crippen molar-refractivity contribution in [2.24, 2.45) is 0 Å². The summed E-state index contributed by atoms with van der Waals surface area (Å²) in [6.45, 7) is 0. The second-order valence-corrected chi connectivity index (χ2v) is 11.0. The van der Waals surface area contributed by atoms with Crippen LogP contribution < -0.4 is 4.74 Å². The summed E-state index contributed by atoms with van der Waals surface area (Å²) in [5.74, 6) is 0.788. The van der Waals surface area contributed by atoms with E-state index in [2.05, 4.69) is 12.1 Å². The predicted octanol–water partition coefficient (Wildman–Crippen LogP) is 7.80. The van der Waals surface area contributed by atoms with Gasteiger partial charge in [0.25, 0.3) is 0 Å². The molecular formula is C25H12N4OS4. The molecule has 34 heavy (non-hydrogen) atoms. The largest absolute Gasteiger partial charge is 0.495 e. The molecule has 0 amide bonds. The van der Waals surface area contributed by atoms with Crippen molar-refractivity contribution in [3.05, 3.63) is 63.4 Å². The fourth-order valence-corrected chi connectivity index (χ4v) is 7.32. The maximum absolute atomic E-state index is 8.98. The monoisotopic (exact) mass is 512 g/mol. The van der Waals surface area contributed by atoms with Gasteiger partial charge in [0.1, 0.15) is 41.2 Å². The van der Waals surface area contributed by atoms with E-state index < -0.39 is 0 Å². The molecule has 4 aromatic heterocycles. The molecule has 0 spiro atoms. The molecule has 0 unspecified atom stereocenters. The average molecular weight is 513 g/mol. The molecule has 4 aromatic rings. The molecule has 0 atom stereocenters. The first-order chi connectivity index (χ1) is 16.6.